The zero-order chi connectivity index (χ0) is 36.6. The third kappa shape index (κ3) is 6.24. The molecular formula is C50H32N4O. The molecule has 0 aliphatic carbocycles. The number of hydrogen-bond donors (Lipinski definition) is 0. The van der Waals surface area contributed by atoms with E-state index in [-0.39, 0.29) is 0 Å². The molecule has 0 N–H and O–H groups in total. The zero-order valence-electron chi connectivity index (χ0n) is 29.7. The zero-order valence-corrected chi connectivity index (χ0v) is 29.7. The summed E-state index contributed by atoms with van der Waals surface area (Å²) in [6.07, 6.45) is 1.94. The molecule has 3 aromatic heterocycles. The molecule has 10 rings (SSSR count). The van der Waals surface area contributed by atoms with Crippen molar-refractivity contribution in [3.05, 3.63) is 194 Å². The Morgan fingerprint density at radius 3 is 1.40 bits per heavy atom. The van der Waals surface area contributed by atoms with Crippen molar-refractivity contribution in [2.75, 3.05) is 0 Å². The maximum Gasteiger partial charge on any atom is 0.164 e. The second kappa shape index (κ2) is 13.8. The van der Waals surface area contributed by atoms with E-state index in [4.69, 9.17) is 24.4 Å². The first-order chi connectivity index (χ1) is 27.2. The van der Waals surface area contributed by atoms with Crippen LogP contribution in [0.25, 0.3) is 101 Å². The Balaban J connectivity index is 1.00. The van der Waals surface area contributed by atoms with Gasteiger partial charge in [-0.15, -0.1) is 0 Å². The average Bonchev–Trinajstić information content (AvgIpc) is 3.66. The van der Waals surface area contributed by atoms with Gasteiger partial charge in [0.25, 0.3) is 0 Å². The molecule has 5 nitrogen and oxygen atoms in total. The lowest BCUT2D eigenvalue weighted by Crippen LogP contribution is -2.00. The fourth-order valence-electron chi connectivity index (χ4n) is 7.20. The van der Waals surface area contributed by atoms with Gasteiger partial charge in [0.2, 0.25) is 0 Å². The van der Waals surface area contributed by atoms with Crippen LogP contribution in [0.3, 0.4) is 0 Å². The summed E-state index contributed by atoms with van der Waals surface area (Å²) < 4.78 is 6.46. The van der Waals surface area contributed by atoms with E-state index in [1.165, 1.54) is 11.1 Å². The summed E-state index contributed by atoms with van der Waals surface area (Å²) in [4.78, 5) is 19.8. The quantitative estimate of drug-likeness (QED) is 0.165. The Bertz CT molecular complexity index is 2940. The van der Waals surface area contributed by atoms with E-state index in [1.54, 1.807) is 0 Å². The molecule has 0 saturated carbocycles. The van der Waals surface area contributed by atoms with E-state index < -0.39 is 0 Å². The molecule has 3 heterocycles. The maximum absolute atomic E-state index is 6.46. The van der Waals surface area contributed by atoms with Crippen molar-refractivity contribution in [1.29, 1.82) is 0 Å². The molecule has 0 aliphatic rings. The number of benzene rings is 7. The summed E-state index contributed by atoms with van der Waals surface area (Å²) in [7, 11) is 0. The standard InChI is InChI=1S/C50H32N4O/c1-4-12-33(13-5-1)35-22-26-38(27-23-35)49-52-48(37-16-8-3-9-17-37)53-50(54-49)39-28-24-36(25-29-39)42-20-11-21-45-47(42)43-32-51-44(31-46(43)55-45)41-19-10-18-40(30-41)34-14-6-2-7-15-34/h1-32H. The first-order valence-electron chi connectivity index (χ1n) is 18.3. The van der Waals surface area contributed by atoms with Crippen LogP contribution in [0.1, 0.15) is 0 Å². The van der Waals surface area contributed by atoms with E-state index in [2.05, 4.69) is 127 Å². The van der Waals surface area contributed by atoms with Gasteiger partial charge in [-0.05, 0) is 45.5 Å². The van der Waals surface area contributed by atoms with Crippen LogP contribution in [0.5, 0.6) is 0 Å². The molecule has 0 spiro atoms. The maximum atomic E-state index is 6.46. The topological polar surface area (TPSA) is 64.7 Å². The summed E-state index contributed by atoms with van der Waals surface area (Å²) in [6, 6.07) is 64.3. The Morgan fingerprint density at radius 2 is 0.782 bits per heavy atom. The van der Waals surface area contributed by atoms with Crippen molar-refractivity contribution < 1.29 is 4.42 Å². The summed E-state index contributed by atoms with van der Waals surface area (Å²) >= 11 is 0. The second-order valence-electron chi connectivity index (χ2n) is 13.5. The van der Waals surface area contributed by atoms with E-state index in [0.29, 0.717) is 17.5 Å². The van der Waals surface area contributed by atoms with E-state index in [0.717, 1.165) is 72.1 Å². The highest BCUT2D eigenvalue weighted by molar-refractivity contribution is 6.12. The predicted octanol–water partition coefficient (Wildman–Crippen LogP) is 12.8. The van der Waals surface area contributed by atoms with Crippen LogP contribution in [-0.2, 0) is 0 Å². The highest BCUT2D eigenvalue weighted by Crippen LogP contribution is 2.38. The molecule has 55 heavy (non-hydrogen) atoms. The van der Waals surface area contributed by atoms with Gasteiger partial charge in [-0.2, -0.15) is 0 Å². The molecule has 0 atom stereocenters. The van der Waals surface area contributed by atoms with Gasteiger partial charge in [0.05, 0.1) is 5.69 Å². The lowest BCUT2D eigenvalue weighted by Gasteiger charge is -2.10. The van der Waals surface area contributed by atoms with Gasteiger partial charge < -0.3 is 4.42 Å². The molecule has 0 aliphatic heterocycles. The predicted molar refractivity (Wildman–Crippen MR) is 223 cm³/mol. The van der Waals surface area contributed by atoms with Crippen molar-refractivity contribution in [2.45, 2.75) is 0 Å². The number of hydrogen-bond acceptors (Lipinski definition) is 5. The van der Waals surface area contributed by atoms with E-state index in [1.807, 2.05) is 66.9 Å². The fraction of sp³-hybridized carbons (Fsp3) is 0. The number of furan rings is 1. The van der Waals surface area contributed by atoms with Crippen molar-refractivity contribution in [3.63, 3.8) is 0 Å². The van der Waals surface area contributed by atoms with E-state index >= 15 is 0 Å². The number of fused-ring (bicyclic) bond motifs is 3. The van der Waals surface area contributed by atoms with Crippen LogP contribution < -0.4 is 0 Å². The summed E-state index contributed by atoms with van der Waals surface area (Å²) in [5, 5.41) is 2.01. The third-order valence-electron chi connectivity index (χ3n) is 10.0. The monoisotopic (exact) mass is 704 g/mol. The van der Waals surface area contributed by atoms with Gasteiger partial charge in [0, 0.05) is 45.3 Å². The van der Waals surface area contributed by atoms with Gasteiger partial charge in [0.15, 0.2) is 17.5 Å². The second-order valence-corrected chi connectivity index (χ2v) is 13.5. The number of aromatic nitrogens is 4. The Kier molecular flexibility index (Phi) is 8.08. The van der Waals surface area contributed by atoms with Crippen LogP contribution in [0.15, 0.2) is 199 Å². The van der Waals surface area contributed by atoms with Crippen molar-refractivity contribution in [3.8, 4) is 78.8 Å². The van der Waals surface area contributed by atoms with Crippen LogP contribution >= 0.6 is 0 Å². The molecule has 0 saturated heterocycles. The molecule has 0 amide bonds. The normalized spacial score (nSPS) is 11.3. The molecule has 0 radical (unpaired) electrons. The van der Waals surface area contributed by atoms with Crippen LogP contribution in [0.4, 0.5) is 0 Å². The molecule has 258 valence electrons. The Morgan fingerprint density at radius 1 is 0.327 bits per heavy atom. The minimum Gasteiger partial charge on any atom is -0.456 e. The molecule has 0 bridgehead atoms. The van der Waals surface area contributed by atoms with Crippen LogP contribution in [0.2, 0.25) is 0 Å². The number of pyridine rings is 1. The summed E-state index contributed by atoms with van der Waals surface area (Å²) in [5.74, 6) is 1.87. The number of rotatable bonds is 7. The SMILES string of the molecule is c1ccc(-c2ccc(-c3nc(-c4ccccc4)nc(-c4ccc(-c5cccc6oc7cc(-c8cccc(-c9ccccc9)c8)ncc7c56)cc4)n3)cc2)cc1. The van der Waals surface area contributed by atoms with Crippen molar-refractivity contribution in [1.82, 2.24) is 19.9 Å². The van der Waals surface area contributed by atoms with Crippen LogP contribution in [-0.4, -0.2) is 19.9 Å². The van der Waals surface area contributed by atoms with Gasteiger partial charge in [-0.25, -0.2) is 15.0 Å². The average molecular weight is 705 g/mol. The Hall–Kier alpha value is -7.50. The summed E-state index contributed by atoms with van der Waals surface area (Å²) in [5.41, 5.74) is 13.1. The minimum atomic E-state index is 0.613. The fourth-order valence-corrected chi connectivity index (χ4v) is 7.20. The molecule has 7 aromatic carbocycles. The molecule has 10 aromatic rings. The lowest BCUT2D eigenvalue weighted by molar-refractivity contribution is 0.668. The molecule has 0 fully saturated rings. The molecule has 5 heteroatoms. The van der Waals surface area contributed by atoms with Crippen LogP contribution in [0, 0.1) is 0 Å². The highest BCUT2D eigenvalue weighted by Gasteiger charge is 2.16. The number of nitrogens with zero attached hydrogens (tertiary/aromatic N) is 4. The summed E-state index contributed by atoms with van der Waals surface area (Å²) in [6.45, 7) is 0. The largest absolute Gasteiger partial charge is 0.456 e. The Labute approximate surface area is 318 Å². The smallest absolute Gasteiger partial charge is 0.164 e. The third-order valence-corrected chi connectivity index (χ3v) is 10.0. The lowest BCUT2D eigenvalue weighted by atomic mass is 9.98. The van der Waals surface area contributed by atoms with Crippen molar-refractivity contribution in [2.24, 2.45) is 0 Å². The highest BCUT2D eigenvalue weighted by atomic mass is 16.3. The molecule has 0 unspecified atom stereocenters. The van der Waals surface area contributed by atoms with Gasteiger partial charge in [-0.1, -0.05) is 170 Å². The van der Waals surface area contributed by atoms with Gasteiger partial charge >= 0.3 is 0 Å². The first-order valence-corrected chi connectivity index (χ1v) is 18.3. The van der Waals surface area contributed by atoms with Gasteiger partial charge in [-0.3, -0.25) is 4.98 Å². The van der Waals surface area contributed by atoms with Gasteiger partial charge in [0.1, 0.15) is 11.2 Å². The van der Waals surface area contributed by atoms with E-state index in [9.17, 15) is 0 Å². The first kappa shape index (κ1) is 32.2. The minimum absolute atomic E-state index is 0.613. The molecular weight excluding hydrogens is 673 g/mol. The van der Waals surface area contributed by atoms with Crippen molar-refractivity contribution >= 4 is 21.9 Å².